The number of nitrogen functional groups attached to an aromatic ring is 1. The molecule has 0 radical (unpaired) electrons. The zero-order chi connectivity index (χ0) is 26.6. The molecule has 3 N–H and O–H groups in total. The Hall–Kier alpha value is -4.38. The summed E-state index contributed by atoms with van der Waals surface area (Å²) in [6, 6.07) is 9.34. The highest BCUT2D eigenvalue weighted by molar-refractivity contribution is 6.04. The highest BCUT2D eigenvalue weighted by Crippen LogP contribution is 2.35. The number of carbonyl (C=O) groups excluding carboxylic acids is 2. The minimum Gasteiger partial charge on any atom is -0.384 e. The maximum absolute atomic E-state index is 15.5. The molecule has 0 spiro atoms. The average Bonchev–Trinajstić information content (AvgIpc) is 3.33. The van der Waals surface area contributed by atoms with Gasteiger partial charge < -0.3 is 20.7 Å². The summed E-state index contributed by atoms with van der Waals surface area (Å²) in [6.07, 6.45) is 6.84. The fourth-order valence-electron chi connectivity index (χ4n) is 4.80. The molecule has 0 saturated carbocycles. The van der Waals surface area contributed by atoms with Crippen molar-refractivity contribution in [3.63, 3.8) is 0 Å². The third-order valence-corrected chi connectivity index (χ3v) is 6.66. The second-order valence-electron chi connectivity index (χ2n) is 9.14. The van der Waals surface area contributed by atoms with Gasteiger partial charge in [0.2, 0.25) is 5.91 Å². The third-order valence-electron chi connectivity index (χ3n) is 6.66. The van der Waals surface area contributed by atoms with Crippen LogP contribution in [-0.4, -0.2) is 62.9 Å². The number of hydrogen-bond acceptors (Lipinski definition) is 7. The summed E-state index contributed by atoms with van der Waals surface area (Å²) >= 11 is 0. The van der Waals surface area contributed by atoms with Crippen molar-refractivity contribution in [2.75, 3.05) is 37.9 Å². The van der Waals surface area contributed by atoms with Gasteiger partial charge in [0.1, 0.15) is 34.5 Å². The first-order valence-electron chi connectivity index (χ1n) is 12.4. The van der Waals surface area contributed by atoms with E-state index < -0.39 is 11.7 Å². The number of nitrogens with two attached hydrogens (primary N) is 1. The van der Waals surface area contributed by atoms with Gasteiger partial charge in [-0.3, -0.25) is 14.0 Å². The number of carbonyl (C=O) groups is 2. The maximum Gasteiger partial charge on any atom is 0.256 e. The first kappa shape index (κ1) is 25.3. The number of likely N-dealkylation sites (tertiary alicyclic amines) is 1. The largest absolute Gasteiger partial charge is 0.384 e. The predicted octanol–water partition coefficient (Wildman–Crippen LogP) is 3.51. The van der Waals surface area contributed by atoms with Crippen molar-refractivity contribution in [3.8, 4) is 11.3 Å². The molecule has 11 heteroatoms. The summed E-state index contributed by atoms with van der Waals surface area (Å²) in [7, 11) is 1.57. The fourth-order valence-corrected chi connectivity index (χ4v) is 4.80. The number of pyridine rings is 1. The van der Waals surface area contributed by atoms with Crippen molar-refractivity contribution in [2.24, 2.45) is 0 Å². The number of piperidine rings is 1. The van der Waals surface area contributed by atoms with Gasteiger partial charge in [0.15, 0.2) is 0 Å². The van der Waals surface area contributed by atoms with Gasteiger partial charge >= 0.3 is 0 Å². The Morgan fingerprint density at radius 1 is 1.21 bits per heavy atom. The van der Waals surface area contributed by atoms with Gasteiger partial charge in [0, 0.05) is 55.8 Å². The molecule has 1 fully saturated rings. The van der Waals surface area contributed by atoms with Crippen LogP contribution in [-0.2, 0) is 9.53 Å². The van der Waals surface area contributed by atoms with Crippen LogP contribution < -0.4 is 11.1 Å². The van der Waals surface area contributed by atoms with E-state index in [2.05, 4.69) is 15.3 Å². The Morgan fingerprint density at radius 2 is 2.08 bits per heavy atom. The number of nitrogens with zero attached hydrogens (tertiary/aromatic N) is 5. The zero-order valence-corrected chi connectivity index (χ0v) is 20.9. The Bertz CT molecular complexity index is 1470. The van der Waals surface area contributed by atoms with Gasteiger partial charge in [-0.2, -0.15) is 0 Å². The molecule has 196 valence electrons. The molecule has 1 saturated heterocycles. The molecule has 4 heterocycles. The molecule has 1 aliphatic rings. The molecule has 3 aromatic heterocycles. The SMILES string of the molecule is COCCC(=O)N1CCC[C@@H](c2nc(-c3ccc(C(=O)Nc4ccccn4)cc3F)c3c(N)nccn23)C1. The minimum absolute atomic E-state index is 0.0319. The van der Waals surface area contributed by atoms with Crippen LogP contribution in [0, 0.1) is 5.82 Å². The number of anilines is 2. The second kappa shape index (κ2) is 10.9. The van der Waals surface area contributed by atoms with Crippen LogP contribution in [0.2, 0.25) is 0 Å². The molecule has 0 aliphatic carbocycles. The van der Waals surface area contributed by atoms with Crippen molar-refractivity contribution in [1.29, 1.82) is 0 Å². The summed E-state index contributed by atoms with van der Waals surface area (Å²) in [4.78, 5) is 40.2. The smallest absolute Gasteiger partial charge is 0.256 e. The van der Waals surface area contributed by atoms with Crippen molar-refractivity contribution in [2.45, 2.75) is 25.2 Å². The average molecular weight is 518 g/mol. The molecule has 2 amide bonds. The van der Waals surface area contributed by atoms with Gasteiger partial charge in [-0.05, 0) is 43.2 Å². The van der Waals surface area contributed by atoms with E-state index in [1.807, 2.05) is 9.30 Å². The van der Waals surface area contributed by atoms with Crippen molar-refractivity contribution >= 4 is 29.0 Å². The van der Waals surface area contributed by atoms with Crippen molar-refractivity contribution < 1.29 is 18.7 Å². The van der Waals surface area contributed by atoms with Crippen LogP contribution >= 0.6 is 0 Å². The minimum atomic E-state index is -0.617. The molecule has 1 aromatic carbocycles. The van der Waals surface area contributed by atoms with Crippen LogP contribution in [0.5, 0.6) is 0 Å². The fraction of sp³-hybridized carbons (Fsp3) is 0.296. The molecule has 38 heavy (non-hydrogen) atoms. The first-order chi connectivity index (χ1) is 18.5. The summed E-state index contributed by atoms with van der Waals surface area (Å²) in [5, 5.41) is 2.65. The van der Waals surface area contributed by atoms with E-state index in [0.29, 0.717) is 49.0 Å². The number of amides is 2. The molecule has 5 rings (SSSR count). The number of rotatable bonds is 7. The molecule has 0 unspecified atom stereocenters. The maximum atomic E-state index is 15.5. The molecule has 10 nitrogen and oxygen atoms in total. The van der Waals surface area contributed by atoms with Crippen molar-refractivity contribution in [1.82, 2.24) is 24.3 Å². The van der Waals surface area contributed by atoms with Crippen molar-refractivity contribution in [3.05, 3.63) is 72.2 Å². The zero-order valence-electron chi connectivity index (χ0n) is 20.9. The summed E-state index contributed by atoms with van der Waals surface area (Å²) in [5.74, 6) is 0.132. The van der Waals surface area contributed by atoms with Gasteiger partial charge in [-0.25, -0.2) is 19.3 Å². The van der Waals surface area contributed by atoms with E-state index in [0.717, 1.165) is 12.8 Å². The number of halogens is 1. The predicted molar refractivity (Wildman–Crippen MR) is 140 cm³/mol. The quantitative estimate of drug-likeness (QED) is 0.384. The van der Waals surface area contributed by atoms with Gasteiger partial charge in [0.05, 0.1) is 13.0 Å². The standard InChI is InChI=1S/C27H28FN7O3/c1-38-14-9-22(36)34-12-4-5-18(16-34)26-33-23(24-25(29)31-11-13-35(24)26)19-8-7-17(15-20(19)28)27(37)32-21-6-2-3-10-30-21/h2-3,6-8,10-11,13,15,18H,4-5,9,12,14,16H2,1H3,(H2,29,31)(H,30,32,37)/t18-/m1/s1. The van der Waals surface area contributed by atoms with E-state index in [1.165, 1.54) is 18.2 Å². The van der Waals surface area contributed by atoms with Crippen LogP contribution in [0.4, 0.5) is 16.0 Å². The molecular weight excluding hydrogens is 489 g/mol. The Kier molecular flexibility index (Phi) is 7.27. The monoisotopic (exact) mass is 517 g/mol. The summed E-state index contributed by atoms with van der Waals surface area (Å²) in [5.41, 5.74) is 7.40. The molecule has 1 aliphatic heterocycles. The second-order valence-corrected chi connectivity index (χ2v) is 9.14. The highest BCUT2D eigenvalue weighted by Gasteiger charge is 2.29. The lowest BCUT2D eigenvalue weighted by Gasteiger charge is -2.32. The number of methoxy groups -OCH3 is 1. The summed E-state index contributed by atoms with van der Waals surface area (Å²) in [6.45, 7) is 1.54. The van der Waals surface area contributed by atoms with E-state index in [4.69, 9.17) is 15.5 Å². The number of imidazole rings is 1. The lowest BCUT2D eigenvalue weighted by molar-refractivity contribution is -0.133. The molecule has 1 atom stereocenters. The summed E-state index contributed by atoms with van der Waals surface area (Å²) < 4.78 is 22.3. The number of benzene rings is 1. The van der Waals surface area contributed by atoms with Crippen LogP contribution in [0.25, 0.3) is 16.8 Å². The normalized spacial score (nSPS) is 15.5. The van der Waals surface area contributed by atoms with Gasteiger partial charge in [-0.15, -0.1) is 0 Å². The van der Waals surface area contributed by atoms with E-state index in [1.54, 1.807) is 43.9 Å². The number of ether oxygens (including phenoxy) is 1. The topological polar surface area (TPSA) is 128 Å². The molecule has 4 aromatic rings. The highest BCUT2D eigenvalue weighted by atomic mass is 19.1. The van der Waals surface area contributed by atoms with Gasteiger partial charge in [-0.1, -0.05) is 6.07 Å². The Morgan fingerprint density at radius 3 is 2.84 bits per heavy atom. The lowest BCUT2D eigenvalue weighted by atomic mass is 9.97. The molecule has 0 bridgehead atoms. The van der Waals surface area contributed by atoms with E-state index >= 15 is 4.39 Å². The lowest BCUT2D eigenvalue weighted by Crippen LogP contribution is -2.39. The number of nitrogens with one attached hydrogen (secondary N) is 1. The van der Waals surface area contributed by atoms with Crippen LogP contribution in [0.15, 0.2) is 55.0 Å². The third kappa shape index (κ3) is 5.05. The number of aromatic nitrogens is 4. The van der Waals surface area contributed by atoms with E-state index in [9.17, 15) is 9.59 Å². The number of hydrogen-bond donors (Lipinski definition) is 2. The number of fused-ring (bicyclic) bond motifs is 1. The van der Waals surface area contributed by atoms with E-state index in [-0.39, 0.29) is 28.8 Å². The van der Waals surface area contributed by atoms with Crippen LogP contribution in [0.1, 0.15) is 41.4 Å². The Balaban J connectivity index is 1.47. The Labute approximate surface area is 218 Å². The molecular formula is C27H28FN7O3. The van der Waals surface area contributed by atoms with Crippen LogP contribution in [0.3, 0.4) is 0 Å². The van der Waals surface area contributed by atoms with Gasteiger partial charge in [0.25, 0.3) is 5.91 Å². The first-order valence-corrected chi connectivity index (χ1v) is 12.4.